The van der Waals surface area contributed by atoms with Crippen LogP contribution in [0, 0.1) is 0 Å². The van der Waals surface area contributed by atoms with Gasteiger partial charge in [0.25, 0.3) is 0 Å². The summed E-state index contributed by atoms with van der Waals surface area (Å²) in [5.74, 6) is -0.196. The van der Waals surface area contributed by atoms with Crippen LogP contribution < -0.4 is 9.64 Å². The van der Waals surface area contributed by atoms with Crippen LogP contribution in [0.3, 0.4) is 0 Å². The third kappa shape index (κ3) is 2.80. The normalized spacial score (nSPS) is 16.5. The topological polar surface area (TPSA) is 51.7 Å². The predicted octanol–water partition coefficient (Wildman–Crippen LogP) is 3.88. The molecule has 0 N–H and O–H groups in total. The van der Waals surface area contributed by atoms with Gasteiger partial charge >= 0.3 is 5.97 Å². The summed E-state index contributed by atoms with van der Waals surface area (Å²) >= 11 is 3.61. The van der Waals surface area contributed by atoms with Gasteiger partial charge in [-0.15, -0.1) is 0 Å². The van der Waals surface area contributed by atoms with E-state index in [1.807, 2.05) is 49.2 Å². The molecule has 0 bridgehead atoms. The Morgan fingerprint density at radius 3 is 2.60 bits per heavy atom. The van der Waals surface area contributed by atoms with Crippen LogP contribution in [0.2, 0.25) is 0 Å². The number of rotatable bonds is 3. The molecule has 1 aliphatic rings. The second-order valence-electron chi connectivity index (χ2n) is 5.76. The van der Waals surface area contributed by atoms with Gasteiger partial charge in [0, 0.05) is 23.4 Å². The summed E-state index contributed by atoms with van der Waals surface area (Å²) in [7, 11) is 4.91. The minimum absolute atomic E-state index is 0.335. The van der Waals surface area contributed by atoms with Crippen molar-refractivity contribution in [3.05, 3.63) is 63.4 Å². The molecule has 130 valence electrons. The molecule has 0 saturated heterocycles. The van der Waals surface area contributed by atoms with Crippen molar-refractivity contribution in [1.29, 1.82) is 0 Å². The van der Waals surface area contributed by atoms with E-state index in [2.05, 4.69) is 20.9 Å². The number of hydrogen-bond donors (Lipinski definition) is 0. The molecular formula is C19H19BrN2O3. The Morgan fingerprint density at radius 1 is 1.24 bits per heavy atom. The number of methoxy groups -OCH3 is 2. The van der Waals surface area contributed by atoms with E-state index in [1.54, 1.807) is 13.3 Å². The molecule has 0 aliphatic carbocycles. The molecule has 2 heterocycles. The second-order valence-corrected chi connectivity index (χ2v) is 6.61. The van der Waals surface area contributed by atoms with Crippen molar-refractivity contribution < 1.29 is 14.3 Å². The lowest BCUT2D eigenvalue weighted by molar-refractivity contribution is -0.136. The maximum absolute atomic E-state index is 12.6. The third-order valence-corrected chi connectivity index (χ3v) is 5.30. The van der Waals surface area contributed by atoms with Gasteiger partial charge in [0.1, 0.15) is 0 Å². The molecule has 25 heavy (non-hydrogen) atoms. The van der Waals surface area contributed by atoms with Gasteiger partial charge in [-0.05, 0) is 24.6 Å². The fourth-order valence-electron chi connectivity index (χ4n) is 3.28. The Hall–Kier alpha value is -2.34. The highest BCUT2D eigenvalue weighted by atomic mass is 79.9. The first-order chi connectivity index (χ1) is 12.0. The lowest BCUT2D eigenvalue weighted by Gasteiger charge is -2.36. The van der Waals surface area contributed by atoms with E-state index in [9.17, 15) is 4.79 Å². The van der Waals surface area contributed by atoms with Crippen LogP contribution in [0.15, 0.2) is 52.3 Å². The number of benzene rings is 1. The van der Waals surface area contributed by atoms with Crippen molar-refractivity contribution in [2.45, 2.75) is 12.8 Å². The predicted molar refractivity (Wildman–Crippen MR) is 99.9 cm³/mol. The summed E-state index contributed by atoms with van der Waals surface area (Å²) < 4.78 is 11.5. The second kappa shape index (κ2) is 6.88. The quantitative estimate of drug-likeness (QED) is 0.729. The van der Waals surface area contributed by atoms with Crippen molar-refractivity contribution in [3.63, 3.8) is 0 Å². The highest BCUT2D eigenvalue weighted by Crippen LogP contribution is 2.49. The van der Waals surface area contributed by atoms with E-state index < -0.39 is 0 Å². The van der Waals surface area contributed by atoms with Gasteiger partial charge in [0.05, 0.1) is 37.0 Å². The molecule has 1 aliphatic heterocycles. The average Bonchev–Trinajstić information content (AvgIpc) is 2.64. The number of ether oxygens (including phenoxy) is 2. The first-order valence-electron chi connectivity index (χ1n) is 7.81. The molecule has 0 amide bonds. The molecule has 6 heteroatoms. The van der Waals surface area contributed by atoms with E-state index in [4.69, 9.17) is 9.47 Å². The maximum atomic E-state index is 12.6. The zero-order chi connectivity index (χ0) is 18.1. The Morgan fingerprint density at radius 2 is 1.96 bits per heavy atom. The minimum atomic E-state index is -0.360. The van der Waals surface area contributed by atoms with Crippen molar-refractivity contribution in [1.82, 2.24) is 4.98 Å². The first kappa shape index (κ1) is 17.5. The van der Waals surface area contributed by atoms with Crippen LogP contribution in [0.25, 0.3) is 0 Å². The third-order valence-electron chi connectivity index (χ3n) is 4.58. The SMILES string of the molecule is COC(=O)C1=C(C)N(C)c2ccnc(OC)c2C1c1ccccc1Br. The van der Waals surface area contributed by atoms with E-state index in [1.165, 1.54) is 7.11 Å². The molecule has 3 rings (SSSR count). The monoisotopic (exact) mass is 402 g/mol. The average molecular weight is 403 g/mol. The Balaban J connectivity index is 2.37. The minimum Gasteiger partial charge on any atom is -0.481 e. The summed E-state index contributed by atoms with van der Waals surface area (Å²) in [5.41, 5.74) is 4.19. The molecule has 0 spiro atoms. The fraction of sp³-hybridized carbons (Fsp3) is 0.263. The molecule has 0 saturated carbocycles. The van der Waals surface area contributed by atoms with Crippen molar-refractivity contribution in [2.24, 2.45) is 0 Å². The number of anilines is 1. The van der Waals surface area contributed by atoms with Gasteiger partial charge in [0.15, 0.2) is 0 Å². The first-order valence-corrected chi connectivity index (χ1v) is 8.60. The van der Waals surface area contributed by atoms with Gasteiger partial charge in [0.2, 0.25) is 5.88 Å². The largest absolute Gasteiger partial charge is 0.481 e. The highest BCUT2D eigenvalue weighted by Gasteiger charge is 2.38. The number of pyridine rings is 1. The van der Waals surface area contributed by atoms with Crippen molar-refractivity contribution >= 4 is 27.6 Å². The highest BCUT2D eigenvalue weighted by molar-refractivity contribution is 9.10. The Labute approximate surface area is 155 Å². The molecule has 1 aromatic heterocycles. The molecule has 0 fully saturated rings. The Kier molecular flexibility index (Phi) is 4.81. The van der Waals surface area contributed by atoms with Gasteiger partial charge in [-0.25, -0.2) is 9.78 Å². The number of nitrogens with zero attached hydrogens (tertiary/aromatic N) is 2. The van der Waals surface area contributed by atoms with E-state index in [0.717, 1.165) is 27.0 Å². The zero-order valence-corrected chi connectivity index (χ0v) is 16.1. The number of carbonyl (C=O) groups is 1. The maximum Gasteiger partial charge on any atom is 0.336 e. The number of halogens is 1. The van der Waals surface area contributed by atoms with Crippen molar-refractivity contribution in [3.8, 4) is 5.88 Å². The number of allylic oxidation sites excluding steroid dienone is 1. The summed E-state index contributed by atoms with van der Waals surface area (Å²) in [6.07, 6.45) is 1.71. The van der Waals surface area contributed by atoms with E-state index in [0.29, 0.717) is 11.5 Å². The number of carbonyl (C=O) groups excluding carboxylic acids is 1. The van der Waals surface area contributed by atoms with Gasteiger partial charge < -0.3 is 14.4 Å². The van der Waals surface area contributed by atoms with Crippen LogP contribution in [0.1, 0.15) is 24.0 Å². The summed E-state index contributed by atoms with van der Waals surface area (Å²) in [6, 6.07) is 9.77. The lowest BCUT2D eigenvalue weighted by atomic mass is 9.80. The summed E-state index contributed by atoms with van der Waals surface area (Å²) in [4.78, 5) is 19.0. The van der Waals surface area contributed by atoms with Crippen molar-refractivity contribution in [2.75, 3.05) is 26.2 Å². The molecule has 2 aromatic rings. The van der Waals surface area contributed by atoms with Crippen LogP contribution in [0.5, 0.6) is 5.88 Å². The number of esters is 1. The van der Waals surface area contributed by atoms with Gasteiger partial charge in [-0.2, -0.15) is 0 Å². The van der Waals surface area contributed by atoms with Crippen LogP contribution in [-0.2, 0) is 9.53 Å². The standard InChI is InChI=1S/C19H19BrN2O3/c1-11-15(19(23)25-4)16(12-7-5-6-8-13(12)20)17-14(22(11)2)9-10-21-18(17)24-3/h5-10,16H,1-4H3. The van der Waals surface area contributed by atoms with E-state index >= 15 is 0 Å². The molecule has 1 unspecified atom stereocenters. The number of aromatic nitrogens is 1. The molecule has 5 nitrogen and oxygen atoms in total. The van der Waals surface area contributed by atoms with Crippen LogP contribution in [-0.4, -0.2) is 32.2 Å². The van der Waals surface area contributed by atoms with E-state index in [-0.39, 0.29) is 11.9 Å². The zero-order valence-electron chi connectivity index (χ0n) is 14.5. The van der Waals surface area contributed by atoms with Crippen LogP contribution in [0.4, 0.5) is 5.69 Å². The molecule has 1 aromatic carbocycles. The Bertz CT molecular complexity index is 863. The van der Waals surface area contributed by atoms with Gasteiger partial charge in [-0.1, -0.05) is 34.1 Å². The molecular weight excluding hydrogens is 384 g/mol. The number of fused-ring (bicyclic) bond motifs is 1. The van der Waals surface area contributed by atoms with Gasteiger partial charge in [-0.3, -0.25) is 0 Å². The summed E-state index contributed by atoms with van der Waals surface area (Å²) in [6.45, 7) is 1.92. The lowest BCUT2D eigenvalue weighted by Crippen LogP contribution is -2.30. The smallest absolute Gasteiger partial charge is 0.336 e. The fourth-order valence-corrected chi connectivity index (χ4v) is 3.79. The summed E-state index contributed by atoms with van der Waals surface area (Å²) in [5, 5.41) is 0. The molecule has 1 atom stereocenters. The molecule has 0 radical (unpaired) electrons. The number of hydrogen-bond acceptors (Lipinski definition) is 5. The van der Waals surface area contributed by atoms with Crippen LogP contribution >= 0.6 is 15.9 Å².